The predicted octanol–water partition coefficient (Wildman–Crippen LogP) is 1.62. The molecule has 10 heteroatoms. The molecule has 0 aromatic heterocycles. The van der Waals surface area contributed by atoms with Crippen LogP contribution in [0.2, 0.25) is 0 Å². The molecule has 0 unspecified atom stereocenters. The smallest absolute Gasteiger partial charge is 0.264 e. The number of ether oxygens (including phenoxy) is 4. The van der Waals surface area contributed by atoms with E-state index in [1.165, 1.54) is 7.11 Å². The fraction of sp³-hybridized carbons (Fsp3) is 0.409. The highest BCUT2D eigenvalue weighted by Crippen LogP contribution is 2.36. The first kappa shape index (κ1) is 22.8. The second-order valence-corrected chi connectivity index (χ2v) is 9.19. The zero-order chi connectivity index (χ0) is 22.7. The summed E-state index contributed by atoms with van der Waals surface area (Å²) < 4.78 is 52.9. The van der Waals surface area contributed by atoms with E-state index in [1.807, 2.05) is 30.3 Å². The number of nitrogens with one attached hydrogen (secondary N) is 1. The van der Waals surface area contributed by atoms with Gasteiger partial charge in [-0.15, -0.1) is 0 Å². The topological polar surface area (TPSA) is 109 Å². The van der Waals surface area contributed by atoms with Crippen LogP contribution < -0.4 is 5.32 Å². The van der Waals surface area contributed by atoms with Crippen molar-refractivity contribution in [3.05, 3.63) is 71.8 Å². The second-order valence-electron chi connectivity index (χ2n) is 7.59. The van der Waals surface area contributed by atoms with Gasteiger partial charge in [0.05, 0.1) is 12.9 Å². The first-order valence-electron chi connectivity index (χ1n) is 10.1. The number of fused-ring (bicyclic) bond motifs is 1. The van der Waals surface area contributed by atoms with Gasteiger partial charge < -0.3 is 24.3 Å². The van der Waals surface area contributed by atoms with Crippen molar-refractivity contribution in [1.29, 1.82) is 0 Å². The normalized spacial score (nSPS) is 30.3. The van der Waals surface area contributed by atoms with E-state index in [9.17, 15) is 13.2 Å². The summed E-state index contributed by atoms with van der Waals surface area (Å²) in [4.78, 5) is 12.8. The summed E-state index contributed by atoms with van der Waals surface area (Å²) in [6, 6.07) is 16.8. The maximum Gasteiger partial charge on any atom is 0.264 e. The fourth-order valence-corrected chi connectivity index (χ4v) is 4.48. The van der Waals surface area contributed by atoms with E-state index < -0.39 is 53.0 Å². The van der Waals surface area contributed by atoms with E-state index in [1.54, 1.807) is 30.3 Å². The molecule has 1 amide bonds. The Bertz CT molecular complexity index is 1020. The van der Waals surface area contributed by atoms with Gasteiger partial charge in [0.25, 0.3) is 16.0 Å². The Morgan fingerprint density at radius 2 is 1.69 bits per heavy atom. The molecule has 2 aliphatic heterocycles. The molecule has 2 aliphatic rings. The van der Waals surface area contributed by atoms with E-state index in [0.29, 0.717) is 5.56 Å². The van der Waals surface area contributed by atoms with Gasteiger partial charge in [-0.25, -0.2) is 0 Å². The lowest BCUT2D eigenvalue weighted by atomic mass is 9.95. The van der Waals surface area contributed by atoms with Crippen molar-refractivity contribution >= 4 is 16.0 Å². The maximum absolute atomic E-state index is 12.8. The van der Waals surface area contributed by atoms with Gasteiger partial charge in [-0.1, -0.05) is 48.5 Å². The summed E-state index contributed by atoms with van der Waals surface area (Å²) in [7, 11) is -2.50. The molecule has 2 heterocycles. The Balaban J connectivity index is 1.63. The van der Waals surface area contributed by atoms with E-state index in [-0.39, 0.29) is 6.61 Å². The summed E-state index contributed by atoms with van der Waals surface area (Å²) >= 11 is 0. The van der Waals surface area contributed by atoms with E-state index in [2.05, 4.69) is 5.32 Å². The highest BCUT2D eigenvalue weighted by Gasteiger charge is 2.52. The maximum atomic E-state index is 12.8. The van der Waals surface area contributed by atoms with Crippen LogP contribution >= 0.6 is 0 Å². The molecule has 172 valence electrons. The lowest BCUT2D eigenvalue weighted by Gasteiger charge is -2.48. The Labute approximate surface area is 186 Å². The molecule has 0 spiro atoms. The predicted molar refractivity (Wildman–Crippen MR) is 113 cm³/mol. The molecule has 0 bridgehead atoms. The number of hydrogen-bond donors (Lipinski definition) is 1. The van der Waals surface area contributed by atoms with Crippen LogP contribution in [-0.2, 0) is 33.2 Å². The molecule has 2 aromatic carbocycles. The third kappa shape index (κ3) is 5.17. The summed E-state index contributed by atoms with van der Waals surface area (Å²) in [5, 5.41) is 2.80. The van der Waals surface area contributed by atoms with Crippen molar-refractivity contribution in [2.24, 2.45) is 0 Å². The van der Waals surface area contributed by atoms with Crippen LogP contribution in [0.3, 0.4) is 0 Å². The molecule has 2 aromatic rings. The Morgan fingerprint density at radius 1 is 1.03 bits per heavy atom. The van der Waals surface area contributed by atoms with Gasteiger partial charge in [-0.2, -0.15) is 8.42 Å². The Hall–Kier alpha value is -2.34. The summed E-state index contributed by atoms with van der Waals surface area (Å²) in [5.41, 5.74) is 1.17. The van der Waals surface area contributed by atoms with Crippen molar-refractivity contribution in [1.82, 2.24) is 5.32 Å². The minimum Gasteiger partial charge on any atom is -0.354 e. The van der Waals surface area contributed by atoms with Crippen molar-refractivity contribution < 1.29 is 36.3 Å². The highest BCUT2D eigenvalue weighted by molar-refractivity contribution is 7.86. The van der Waals surface area contributed by atoms with Crippen molar-refractivity contribution in [3.63, 3.8) is 0 Å². The van der Waals surface area contributed by atoms with Crippen LogP contribution in [0.5, 0.6) is 0 Å². The first-order chi connectivity index (χ1) is 15.4. The number of benzene rings is 2. The zero-order valence-electron chi connectivity index (χ0n) is 17.6. The molecular formula is C22H25NO8S. The monoisotopic (exact) mass is 463 g/mol. The van der Waals surface area contributed by atoms with Crippen molar-refractivity contribution in [2.45, 2.75) is 36.9 Å². The summed E-state index contributed by atoms with van der Waals surface area (Å²) in [6.07, 6.45) is -3.36. The molecule has 6 atom stereocenters. The number of methoxy groups -OCH3 is 1. The van der Waals surface area contributed by atoms with E-state index in [4.69, 9.17) is 23.1 Å². The Kier molecular flexibility index (Phi) is 6.89. The number of rotatable bonds is 6. The summed E-state index contributed by atoms with van der Waals surface area (Å²) in [6.45, 7) is 0.132. The summed E-state index contributed by atoms with van der Waals surface area (Å²) in [5.74, 6) is -0.423. The minimum atomic E-state index is -3.90. The lowest BCUT2D eigenvalue weighted by molar-refractivity contribution is -0.337. The van der Waals surface area contributed by atoms with Gasteiger partial charge in [-0.05, 0) is 12.1 Å². The molecular weight excluding hydrogens is 438 g/mol. The quantitative estimate of drug-likeness (QED) is 0.644. The molecule has 0 radical (unpaired) electrons. The molecule has 2 fully saturated rings. The standard InChI is InChI=1S/C22H25NO8S/c1-27-22-17(23-20(24)14-9-5-3-6-10-14)19(31-32(2,25)26)18-16(29-22)13-28-21(30-18)15-11-7-4-8-12-15/h3-12,16-19,21-22H,13H2,1-2H3,(H,23,24)/t16-,17-,18+,19-,21-,22-/m0/s1. The highest BCUT2D eigenvalue weighted by atomic mass is 32.2. The van der Waals surface area contributed by atoms with Gasteiger partial charge >= 0.3 is 0 Å². The van der Waals surface area contributed by atoms with Gasteiger partial charge in [0.15, 0.2) is 12.6 Å². The largest absolute Gasteiger partial charge is 0.354 e. The molecule has 4 rings (SSSR count). The number of carbonyl (C=O) groups excluding carboxylic acids is 1. The molecule has 1 N–H and O–H groups in total. The van der Waals surface area contributed by atoms with Crippen molar-refractivity contribution in [3.8, 4) is 0 Å². The number of hydrogen-bond acceptors (Lipinski definition) is 8. The van der Waals surface area contributed by atoms with Crippen LogP contribution in [0, 0.1) is 0 Å². The SMILES string of the molecule is CO[C@H]1O[C@H]2CO[C@H](c3ccccc3)O[C@H]2[C@@H](OS(C)(=O)=O)[C@@H]1NC(=O)c1ccccc1. The zero-order valence-corrected chi connectivity index (χ0v) is 18.4. The third-order valence-electron chi connectivity index (χ3n) is 5.26. The van der Waals surface area contributed by atoms with Crippen LogP contribution in [0.25, 0.3) is 0 Å². The molecule has 9 nitrogen and oxygen atoms in total. The Morgan fingerprint density at radius 3 is 2.31 bits per heavy atom. The van der Waals surface area contributed by atoms with Crippen LogP contribution in [0.1, 0.15) is 22.2 Å². The van der Waals surface area contributed by atoms with E-state index >= 15 is 0 Å². The minimum absolute atomic E-state index is 0.132. The third-order valence-corrected chi connectivity index (χ3v) is 5.83. The lowest BCUT2D eigenvalue weighted by Crippen LogP contribution is -2.67. The van der Waals surface area contributed by atoms with Crippen LogP contribution in [0.4, 0.5) is 0 Å². The molecule has 32 heavy (non-hydrogen) atoms. The average Bonchev–Trinajstić information content (AvgIpc) is 2.80. The van der Waals surface area contributed by atoms with Crippen molar-refractivity contribution in [2.75, 3.05) is 20.0 Å². The van der Waals surface area contributed by atoms with Crippen LogP contribution in [0.15, 0.2) is 60.7 Å². The van der Waals surface area contributed by atoms with Gasteiger partial charge in [0.2, 0.25) is 0 Å². The molecule has 0 aliphatic carbocycles. The van der Waals surface area contributed by atoms with Crippen LogP contribution in [-0.4, -0.2) is 64.9 Å². The number of amides is 1. The van der Waals surface area contributed by atoms with Gasteiger partial charge in [0, 0.05) is 18.2 Å². The number of carbonyl (C=O) groups is 1. The van der Waals surface area contributed by atoms with Gasteiger partial charge in [-0.3, -0.25) is 8.98 Å². The fourth-order valence-electron chi connectivity index (χ4n) is 3.85. The second kappa shape index (κ2) is 9.65. The van der Waals surface area contributed by atoms with E-state index in [0.717, 1.165) is 11.8 Å². The average molecular weight is 464 g/mol. The molecule has 0 saturated carbocycles. The van der Waals surface area contributed by atoms with Gasteiger partial charge in [0.1, 0.15) is 24.4 Å². The molecule has 2 saturated heterocycles. The first-order valence-corrected chi connectivity index (χ1v) is 11.9.